The predicted octanol–water partition coefficient (Wildman–Crippen LogP) is 0.736. The average molecular weight is 140 g/mol. The summed E-state index contributed by atoms with van der Waals surface area (Å²) < 4.78 is 4.94. The summed E-state index contributed by atoms with van der Waals surface area (Å²) in [4.78, 5) is 10.3. The van der Waals surface area contributed by atoms with E-state index in [0.717, 1.165) is 0 Å². The zero-order valence-electron chi connectivity index (χ0n) is 5.82. The molecule has 0 aromatic rings. The Morgan fingerprint density at radius 1 is 1.33 bits per heavy atom. The molecular formula is C5H13LiO2Si. The fourth-order valence-electron chi connectivity index (χ4n) is 0.431. The molecule has 0 aromatic heterocycles. The van der Waals surface area contributed by atoms with Gasteiger partial charge in [-0.3, -0.25) is 4.79 Å². The van der Waals surface area contributed by atoms with E-state index in [0.29, 0.717) is 0 Å². The fraction of sp³-hybridized carbons (Fsp3) is 0.800. The summed E-state index contributed by atoms with van der Waals surface area (Å²) in [6, 6.07) is 0. The Hall–Kier alpha value is 0.284. The summed E-state index contributed by atoms with van der Waals surface area (Å²) in [6.45, 7) is 7.38. The van der Waals surface area contributed by atoms with Crippen LogP contribution in [0, 0.1) is 0 Å². The third kappa shape index (κ3) is 11.7. The first-order chi connectivity index (χ1) is 3.42. The molecule has 0 aliphatic rings. The van der Waals surface area contributed by atoms with E-state index in [1.54, 1.807) is 0 Å². The van der Waals surface area contributed by atoms with Gasteiger partial charge in [-0.25, -0.2) is 0 Å². The van der Waals surface area contributed by atoms with Gasteiger partial charge >= 0.3 is 18.9 Å². The van der Waals surface area contributed by atoms with Crippen LogP contribution >= 0.6 is 0 Å². The zero-order valence-corrected chi connectivity index (χ0v) is 6.82. The van der Waals surface area contributed by atoms with E-state index in [1.807, 2.05) is 19.6 Å². The van der Waals surface area contributed by atoms with Crippen LogP contribution in [0.25, 0.3) is 0 Å². The van der Waals surface area contributed by atoms with Crippen molar-refractivity contribution < 1.29 is 9.22 Å². The van der Waals surface area contributed by atoms with E-state index in [4.69, 9.17) is 4.43 Å². The molecule has 0 aromatic carbocycles. The topological polar surface area (TPSA) is 26.3 Å². The molecule has 0 saturated carbocycles. The predicted molar refractivity (Wildman–Crippen MR) is 42.3 cm³/mol. The van der Waals surface area contributed by atoms with Gasteiger partial charge < -0.3 is 4.43 Å². The summed E-state index contributed by atoms with van der Waals surface area (Å²) in [6.07, 6.45) is 0. The Balaban J connectivity index is 0. The van der Waals surface area contributed by atoms with Crippen molar-refractivity contribution in [1.82, 2.24) is 0 Å². The van der Waals surface area contributed by atoms with Crippen LogP contribution < -0.4 is 0 Å². The maximum atomic E-state index is 10.3. The summed E-state index contributed by atoms with van der Waals surface area (Å²) in [5.41, 5.74) is 0. The molecule has 4 heteroatoms. The molecule has 2 nitrogen and oxygen atoms in total. The van der Waals surface area contributed by atoms with Crippen LogP contribution in [0.4, 0.5) is 0 Å². The summed E-state index contributed by atoms with van der Waals surface area (Å²) in [5, 5.41) is 0. The molecule has 0 aliphatic carbocycles. The van der Waals surface area contributed by atoms with Gasteiger partial charge in [-0.15, -0.1) is 0 Å². The van der Waals surface area contributed by atoms with Crippen LogP contribution in [0.5, 0.6) is 0 Å². The van der Waals surface area contributed by atoms with Crippen molar-refractivity contribution in [3.63, 3.8) is 0 Å². The molecule has 0 heterocycles. The molecule has 0 aliphatic heterocycles. The Bertz CT molecular complexity index is 97.6. The summed E-state index contributed by atoms with van der Waals surface area (Å²) in [7, 11) is -1.57. The standard InChI is InChI=1S/C5H12O2Si.Li.H/c1-5(6)7-8(2,3)4;;/h1-4H3;;. The van der Waals surface area contributed by atoms with Crippen LogP contribution in [0.3, 0.4) is 0 Å². The van der Waals surface area contributed by atoms with Crippen LogP contribution in [0.15, 0.2) is 0 Å². The normalized spacial score (nSPS) is 9.78. The molecule has 0 unspecified atom stereocenters. The third-order valence-electron chi connectivity index (χ3n) is 0.450. The average Bonchev–Trinajstić information content (AvgIpc) is 1.21. The fourth-order valence-corrected chi connectivity index (χ4v) is 1.29. The first-order valence-electron chi connectivity index (χ1n) is 2.61. The third-order valence-corrected chi connectivity index (χ3v) is 1.35. The van der Waals surface area contributed by atoms with Crippen LogP contribution in [0.1, 0.15) is 6.92 Å². The zero-order chi connectivity index (χ0) is 6.78. The van der Waals surface area contributed by atoms with Crippen molar-refractivity contribution in [3.05, 3.63) is 0 Å². The molecule has 50 valence electrons. The molecule has 0 saturated heterocycles. The summed E-state index contributed by atoms with van der Waals surface area (Å²) >= 11 is 0. The Kier molecular flexibility index (Phi) is 5.55. The van der Waals surface area contributed by atoms with Gasteiger partial charge in [0.1, 0.15) is 0 Å². The van der Waals surface area contributed by atoms with Gasteiger partial charge in [0, 0.05) is 6.92 Å². The van der Waals surface area contributed by atoms with Crippen molar-refractivity contribution in [2.24, 2.45) is 0 Å². The molecule has 0 radical (unpaired) electrons. The Labute approximate surface area is 69.3 Å². The first kappa shape index (κ1) is 12.0. The van der Waals surface area contributed by atoms with Crippen LogP contribution in [-0.2, 0) is 9.22 Å². The van der Waals surface area contributed by atoms with Gasteiger partial charge in [0.2, 0.25) is 8.32 Å². The van der Waals surface area contributed by atoms with Crippen molar-refractivity contribution in [3.8, 4) is 0 Å². The number of carbonyl (C=O) groups is 1. The maximum absolute atomic E-state index is 10.3. The molecule has 9 heavy (non-hydrogen) atoms. The second-order valence-electron chi connectivity index (χ2n) is 2.71. The van der Waals surface area contributed by atoms with Crippen molar-refractivity contribution in [2.45, 2.75) is 26.6 Å². The molecule has 0 bridgehead atoms. The number of hydrogen-bond donors (Lipinski definition) is 0. The van der Waals surface area contributed by atoms with Gasteiger partial charge in [0.25, 0.3) is 5.97 Å². The molecule has 0 spiro atoms. The second-order valence-corrected chi connectivity index (χ2v) is 7.13. The number of rotatable bonds is 1. The minimum atomic E-state index is -1.57. The number of hydrogen-bond acceptors (Lipinski definition) is 2. The second kappa shape index (κ2) is 4.16. The molecule has 0 amide bonds. The van der Waals surface area contributed by atoms with Crippen LogP contribution in [0.2, 0.25) is 19.6 Å². The molecule has 0 N–H and O–H groups in total. The molecular weight excluding hydrogens is 127 g/mol. The van der Waals surface area contributed by atoms with Crippen molar-refractivity contribution in [1.29, 1.82) is 0 Å². The van der Waals surface area contributed by atoms with E-state index in [2.05, 4.69) is 0 Å². The van der Waals surface area contributed by atoms with E-state index in [9.17, 15) is 4.79 Å². The molecule has 0 rings (SSSR count). The first-order valence-corrected chi connectivity index (χ1v) is 6.02. The van der Waals surface area contributed by atoms with Gasteiger partial charge in [-0.1, -0.05) is 0 Å². The van der Waals surface area contributed by atoms with Crippen molar-refractivity contribution >= 4 is 33.1 Å². The Morgan fingerprint density at radius 2 is 1.67 bits per heavy atom. The quantitative estimate of drug-likeness (QED) is 0.502. The Morgan fingerprint density at radius 3 is 1.67 bits per heavy atom. The number of carbonyl (C=O) groups excluding carboxylic acids is 1. The van der Waals surface area contributed by atoms with E-state index in [-0.39, 0.29) is 24.8 Å². The van der Waals surface area contributed by atoms with E-state index >= 15 is 0 Å². The molecule has 0 atom stereocenters. The van der Waals surface area contributed by atoms with Gasteiger partial charge in [0.05, 0.1) is 0 Å². The monoisotopic (exact) mass is 140 g/mol. The van der Waals surface area contributed by atoms with Gasteiger partial charge in [-0.2, -0.15) is 0 Å². The summed E-state index contributed by atoms with van der Waals surface area (Å²) in [5.74, 6) is -0.163. The van der Waals surface area contributed by atoms with E-state index in [1.165, 1.54) is 6.92 Å². The van der Waals surface area contributed by atoms with Gasteiger partial charge in [-0.05, 0) is 19.6 Å². The van der Waals surface area contributed by atoms with Crippen LogP contribution in [-0.4, -0.2) is 33.1 Å². The minimum absolute atomic E-state index is 0. The molecule has 0 fully saturated rings. The van der Waals surface area contributed by atoms with Crippen molar-refractivity contribution in [2.75, 3.05) is 0 Å². The van der Waals surface area contributed by atoms with E-state index < -0.39 is 8.32 Å². The van der Waals surface area contributed by atoms with Gasteiger partial charge in [0.15, 0.2) is 0 Å². The SMILES string of the molecule is CC(=O)O[Si](C)(C)C.[LiH].